The molecule has 4 rings (SSSR count). The highest BCUT2D eigenvalue weighted by Crippen LogP contribution is 2.24. The Bertz CT molecular complexity index is 1010. The first-order chi connectivity index (χ1) is 14.6. The van der Waals surface area contributed by atoms with E-state index in [1.807, 2.05) is 54.8 Å². The van der Waals surface area contributed by atoms with E-state index in [2.05, 4.69) is 15.6 Å². The molecule has 1 atom stereocenters. The summed E-state index contributed by atoms with van der Waals surface area (Å²) in [5.41, 5.74) is 1.56. The second-order valence-corrected chi connectivity index (χ2v) is 8.38. The van der Waals surface area contributed by atoms with Gasteiger partial charge in [-0.3, -0.25) is 4.79 Å². The SMILES string of the molecule is Cc1nc(-c2ccc(CNC(=O)[C@@H]3CCCN(C(=O)Nc4ccccc4)C3)o2)cs1. The normalized spacial score (nSPS) is 16.3. The molecule has 3 amide bonds. The highest BCUT2D eigenvalue weighted by molar-refractivity contribution is 7.09. The van der Waals surface area contributed by atoms with Crippen LogP contribution >= 0.6 is 11.3 Å². The van der Waals surface area contributed by atoms with Crippen molar-refractivity contribution in [2.45, 2.75) is 26.3 Å². The molecular weight excluding hydrogens is 400 g/mol. The third-order valence-electron chi connectivity index (χ3n) is 5.07. The van der Waals surface area contributed by atoms with Crippen molar-refractivity contribution in [1.82, 2.24) is 15.2 Å². The number of amides is 3. The predicted octanol–water partition coefficient (Wildman–Crippen LogP) is 4.27. The van der Waals surface area contributed by atoms with Gasteiger partial charge in [-0.2, -0.15) is 0 Å². The van der Waals surface area contributed by atoms with E-state index in [1.165, 1.54) is 0 Å². The molecule has 1 aliphatic heterocycles. The number of rotatable bonds is 5. The first kappa shape index (κ1) is 20.2. The monoisotopic (exact) mass is 424 g/mol. The first-order valence-electron chi connectivity index (χ1n) is 9.98. The van der Waals surface area contributed by atoms with Crippen molar-refractivity contribution in [3.63, 3.8) is 0 Å². The molecule has 1 aliphatic rings. The summed E-state index contributed by atoms with van der Waals surface area (Å²) in [5, 5.41) is 8.76. The van der Waals surface area contributed by atoms with E-state index in [0.717, 1.165) is 29.2 Å². The fraction of sp³-hybridized carbons (Fsp3) is 0.318. The van der Waals surface area contributed by atoms with Gasteiger partial charge >= 0.3 is 6.03 Å². The average Bonchev–Trinajstić information content (AvgIpc) is 3.41. The number of hydrogen-bond donors (Lipinski definition) is 2. The van der Waals surface area contributed by atoms with Crippen LogP contribution in [-0.2, 0) is 11.3 Å². The van der Waals surface area contributed by atoms with Gasteiger partial charge in [0, 0.05) is 24.2 Å². The first-order valence-corrected chi connectivity index (χ1v) is 10.9. The van der Waals surface area contributed by atoms with Crippen LogP contribution in [0.4, 0.5) is 10.5 Å². The Morgan fingerprint density at radius 3 is 2.83 bits per heavy atom. The van der Waals surface area contributed by atoms with Crippen LogP contribution in [0.5, 0.6) is 0 Å². The highest BCUT2D eigenvalue weighted by atomic mass is 32.1. The van der Waals surface area contributed by atoms with E-state index in [9.17, 15) is 9.59 Å². The zero-order valence-corrected chi connectivity index (χ0v) is 17.6. The Hall–Kier alpha value is -3.13. The van der Waals surface area contributed by atoms with Crippen molar-refractivity contribution >= 4 is 29.0 Å². The number of benzene rings is 1. The molecule has 7 nitrogen and oxygen atoms in total. The molecule has 3 heterocycles. The Kier molecular flexibility index (Phi) is 6.13. The Labute approximate surface area is 179 Å². The van der Waals surface area contributed by atoms with E-state index in [-0.39, 0.29) is 17.9 Å². The lowest BCUT2D eigenvalue weighted by Crippen LogP contribution is -2.46. The third-order valence-corrected chi connectivity index (χ3v) is 5.85. The molecular formula is C22H24N4O3S. The average molecular weight is 425 g/mol. The van der Waals surface area contributed by atoms with Crippen LogP contribution in [0.15, 0.2) is 52.3 Å². The number of aryl methyl sites for hydroxylation is 1. The molecule has 30 heavy (non-hydrogen) atoms. The van der Waals surface area contributed by atoms with Crippen molar-refractivity contribution in [2.75, 3.05) is 18.4 Å². The summed E-state index contributed by atoms with van der Waals surface area (Å²) in [6.07, 6.45) is 1.57. The number of aromatic nitrogens is 1. The van der Waals surface area contributed by atoms with Gasteiger partial charge in [-0.15, -0.1) is 11.3 Å². The molecule has 8 heteroatoms. The van der Waals surface area contributed by atoms with Crippen LogP contribution in [-0.4, -0.2) is 34.9 Å². The minimum atomic E-state index is -0.226. The number of piperidine rings is 1. The van der Waals surface area contributed by atoms with Crippen molar-refractivity contribution in [2.24, 2.45) is 5.92 Å². The number of nitrogens with zero attached hydrogens (tertiary/aromatic N) is 2. The predicted molar refractivity (Wildman–Crippen MR) is 116 cm³/mol. The summed E-state index contributed by atoms with van der Waals surface area (Å²) in [6, 6.07) is 12.9. The van der Waals surface area contributed by atoms with E-state index in [1.54, 1.807) is 16.2 Å². The quantitative estimate of drug-likeness (QED) is 0.640. The Morgan fingerprint density at radius 2 is 2.07 bits per heavy atom. The second kappa shape index (κ2) is 9.13. The lowest BCUT2D eigenvalue weighted by Gasteiger charge is -2.32. The molecule has 0 unspecified atom stereocenters. The molecule has 2 aromatic heterocycles. The number of carbonyl (C=O) groups is 2. The number of carbonyl (C=O) groups excluding carboxylic acids is 2. The fourth-order valence-electron chi connectivity index (χ4n) is 3.51. The molecule has 1 fully saturated rings. The summed E-state index contributed by atoms with van der Waals surface area (Å²) in [6.45, 7) is 3.32. The molecule has 0 saturated carbocycles. The van der Waals surface area contributed by atoms with Crippen LogP contribution < -0.4 is 10.6 Å². The topological polar surface area (TPSA) is 87.5 Å². The summed E-state index contributed by atoms with van der Waals surface area (Å²) < 4.78 is 5.80. The van der Waals surface area contributed by atoms with Crippen molar-refractivity contribution < 1.29 is 14.0 Å². The minimum absolute atomic E-state index is 0.0605. The van der Waals surface area contributed by atoms with Crippen LogP contribution in [0, 0.1) is 12.8 Å². The number of para-hydroxylation sites is 1. The fourth-order valence-corrected chi connectivity index (χ4v) is 4.11. The van der Waals surface area contributed by atoms with Gasteiger partial charge in [0.05, 0.1) is 17.5 Å². The highest BCUT2D eigenvalue weighted by Gasteiger charge is 2.28. The third kappa shape index (κ3) is 4.88. The molecule has 0 aliphatic carbocycles. The molecule has 2 N–H and O–H groups in total. The molecule has 0 bridgehead atoms. The maximum atomic E-state index is 12.7. The lowest BCUT2D eigenvalue weighted by molar-refractivity contribution is -0.126. The number of nitrogens with one attached hydrogen (secondary N) is 2. The van der Waals surface area contributed by atoms with Crippen LogP contribution in [0.2, 0.25) is 0 Å². The maximum Gasteiger partial charge on any atom is 0.321 e. The zero-order valence-electron chi connectivity index (χ0n) is 16.8. The van der Waals surface area contributed by atoms with Crippen molar-refractivity contribution in [1.29, 1.82) is 0 Å². The largest absolute Gasteiger partial charge is 0.458 e. The number of furan rings is 1. The number of anilines is 1. The summed E-state index contributed by atoms with van der Waals surface area (Å²) in [7, 11) is 0. The van der Waals surface area contributed by atoms with E-state index in [4.69, 9.17) is 4.42 Å². The minimum Gasteiger partial charge on any atom is -0.458 e. The molecule has 1 saturated heterocycles. The van der Waals surface area contributed by atoms with Gasteiger partial charge in [0.2, 0.25) is 5.91 Å². The van der Waals surface area contributed by atoms with Gasteiger partial charge in [-0.25, -0.2) is 9.78 Å². The zero-order chi connectivity index (χ0) is 20.9. The van der Waals surface area contributed by atoms with Gasteiger partial charge < -0.3 is 20.0 Å². The van der Waals surface area contributed by atoms with Gasteiger partial charge in [0.15, 0.2) is 5.76 Å². The molecule has 156 valence electrons. The number of hydrogen-bond acceptors (Lipinski definition) is 5. The van der Waals surface area contributed by atoms with E-state index < -0.39 is 0 Å². The van der Waals surface area contributed by atoms with E-state index in [0.29, 0.717) is 31.2 Å². The van der Waals surface area contributed by atoms with Gasteiger partial charge in [-0.1, -0.05) is 18.2 Å². The smallest absolute Gasteiger partial charge is 0.321 e. The second-order valence-electron chi connectivity index (χ2n) is 7.32. The Morgan fingerprint density at radius 1 is 1.23 bits per heavy atom. The van der Waals surface area contributed by atoms with Crippen molar-refractivity contribution in [3.05, 3.63) is 58.6 Å². The number of thiazole rings is 1. The van der Waals surface area contributed by atoms with Crippen LogP contribution in [0.3, 0.4) is 0 Å². The summed E-state index contributed by atoms with van der Waals surface area (Å²) in [4.78, 5) is 31.3. The number of likely N-dealkylation sites (tertiary alicyclic amines) is 1. The van der Waals surface area contributed by atoms with Gasteiger partial charge in [-0.05, 0) is 44.0 Å². The standard InChI is InChI=1S/C22H24N4O3S/c1-15-24-19(14-30-15)20-10-9-18(29-20)12-23-21(27)16-6-5-11-26(13-16)22(28)25-17-7-3-2-4-8-17/h2-4,7-10,14,16H,5-6,11-13H2,1H3,(H,23,27)(H,25,28)/t16-/m1/s1. The maximum absolute atomic E-state index is 12.7. The van der Waals surface area contributed by atoms with E-state index >= 15 is 0 Å². The van der Waals surface area contributed by atoms with Gasteiger partial charge in [0.1, 0.15) is 11.5 Å². The Balaban J connectivity index is 1.29. The molecule has 3 aromatic rings. The van der Waals surface area contributed by atoms with Crippen LogP contribution in [0.1, 0.15) is 23.6 Å². The summed E-state index contributed by atoms with van der Waals surface area (Å²) in [5.74, 6) is 1.09. The lowest BCUT2D eigenvalue weighted by atomic mass is 9.97. The van der Waals surface area contributed by atoms with Gasteiger partial charge in [0.25, 0.3) is 0 Å². The molecule has 0 spiro atoms. The van der Waals surface area contributed by atoms with Crippen LogP contribution in [0.25, 0.3) is 11.5 Å². The van der Waals surface area contributed by atoms with Crippen molar-refractivity contribution in [3.8, 4) is 11.5 Å². The number of urea groups is 1. The molecule has 1 aromatic carbocycles. The molecule has 0 radical (unpaired) electrons. The summed E-state index contributed by atoms with van der Waals surface area (Å²) >= 11 is 1.57.